The van der Waals surface area contributed by atoms with Crippen molar-refractivity contribution in [2.24, 2.45) is 5.41 Å². The first-order valence-corrected chi connectivity index (χ1v) is 7.70. The molecule has 0 aromatic heterocycles. The molecule has 0 radical (unpaired) electrons. The van der Waals surface area contributed by atoms with Crippen molar-refractivity contribution in [3.63, 3.8) is 0 Å². The maximum Gasteiger partial charge on any atom is 0.318 e. The molecule has 1 aromatic carbocycles. The largest absolute Gasteiger partial charge is 0.424 e. The van der Waals surface area contributed by atoms with E-state index in [1.807, 2.05) is 19.9 Å². The van der Waals surface area contributed by atoms with Gasteiger partial charge in [-0.2, -0.15) is 0 Å². The third kappa shape index (κ3) is 2.55. The zero-order valence-corrected chi connectivity index (χ0v) is 13.5. The van der Waals surface area contributed by atoms with E-state index in [0.717, 1.165) is 18.7 Å². The van der Waals surface area contributed by atoms with Crippen molar-refractivity contribution in [1.29, 1.82) is 0 Å². The topological polar surface area (TPSA) is 38.8 Å². The van der Waals surface area contributed by atoms with Crippen molar-refractivity contribution in [2.75, 3.05) is 26.3 Å². The molecule has 1 atom stereocenters. The van der Waals surface area contributed by atoms with E-state index in [4.69, 9.17) is 32.7 Å². The molecule has 3 rings (SSSR count). The van der Waals surface area contributed by atoms with Gasteiger partial charge in [0.1, 0.15) is 0 Å². The summed E-state index contributed by atoms with van der Waals surface area (Å²) in [6.45, 7) is 6.65. The molecular weight excluding hydrogens is 313 g/mol. The molecule has 0 aliphatic carbocycles. The minimum atomic E-state index is -0.668. The molecule has 1 saturated heterocycles. The summed E-state index contributed by atoms with van der Waals surface area (Å²) in [4.78, 5) is 14.6. The molecule has 114 valence electrons. The Morgan fingerprint density at radius 2 is 1.90 bits per heavy atom. The van der Waals surface area contributed by atoms with Crippen molar-refractivity contribution in [3.8, 4) is 5.75 Å². The van der Waals surface area contributed by atoms with Crippen LogP contribution in [0.4, 0.5) is 0 Å². The Balaban J connectivity index is 2.13. The van der Waals surface area contributed by atoms with Crippen molar-refractivity contribution in [2.45, 2.75) is 19.9 Å². The highest BCUT2D eigenvalue weighted by Gasteiger charge is 2.48. The number of halogens is 2. The van der Waals surface area contributed by atoms with E-state index in [-0.39, 0.29) is 12.0 Å². The number of carbonyl (C=O) groups excluding carboxylic acids is 1. The van der Waals surface area contributed by atoms with E-state index in [2.05, 4.69) is 4.90 Å². The van der Waals surface area contributed by atoms with Gasteiger partial charge in [-0.25, -0.2) is 0 Å². The zero-order valence-electron chi connectivity index (χ0n) is 12.0. The zero-order chi connectivity index (χ0) is 15.2. The van der Waals surface area contributed by atoms with Gasteiger partial charge in [0, 0.05) is 23.7 Å². The molecule has 0 saturated carbocycles. The summed E-state index contributed by atoms with van der Waals surface area (Å²) in [6.07, 6.45) is 0. The van der Waals surface area contributed by atoms with Crippen LogP contribution in [0.3, 0.4) is 0 Å². The molecule has 0 amide bonds. The Hall–Kier alpha value is -0.810. The lowest BCUT2D eigenvalue weighted by Crippen LogP contribution is -2.50. The number of benzene rings is 1. The predicted octanol–water partition coefficient (Wildman–Crippen LogP) is 3.31. The molecule has 21 heavy (non-hydrogen) atoms. The standard InChI is InChI=1S/C15H17Cl2NO3/c1-15(2)13(18-3-5-20-6-4-18)10-7-9(16)8-11(17)12(10)21-14(15)19/h7-8,13H,3-6H2,1-2H3. The van der Waals surface area contributed by atoms with Gasteiger partial charge in [-0.05, 0) is 26.0 Å². The number of fused-ring (bicyclic) bond motifs is 1. The van der Waals surface area contributed by atoms with Crippen molar-refractivity contribution in [3.05, 3.63) is 27.7 Å². The molecule has 1 unspecified atom stereocenters. The maximum atomic E-state index is 12.4. The summed E-state index contributed by atoms with van der Waals surface area (Å²) in [7, 11) is 0. The van der Waals surface area contributed by atoms with Gasteiger partial charge in [-0.15, -0.1) is 0 Å². The van der Waals surface area contributed by atoms with E-state index in [1.165, 1.54) is 0 Å². The van der Waals surface area contributed by atoms with Gasteiger partial charge in [-0.1, -0.05) is 23.2 Å². The second-order valence-electron chi connectivity index (χ2n) is 5.97. The number of hydrogen-bond acceptors (Lipinski definition) is 4. The molecule has 0 N–H and O–H groups in total. The van der Waals surface area contributed by atoms with Gasteiger partial charge in [0.2, 0.25) is 0 Å². The molecule has 1 aromatic rings. The number of rotatable bonds is 1. The minimum absolute atomic E-state index is 0.117. The second-order valence-corrected chi connectivity index (χ2v) is 6.81. The summed E-state index contributed by atoms with van der Waals surface area (Å²) in [5, 5.41) is 0.922. The molecule has 0 bridgehead atoms. The minimum Gasteiger partial charge on any atom is -0.424 e. The number of nitrogens with zero attached hydrogens (tertiary/aromatic N) is 1. The number of carbonyl (C=O) groups is 1. The lowest BCUT2D eigenvalue weighted by Gasteiger charge is -2.45. The van der Waals surface area contributed by atoms with Crippen LogP contribution >= 0.6 is 23.2 Å². The van der Waals surface area contributed by atoms with E-state index in [1.54, 1.807) is 6.07 Å². The monoisotopic (exact) mass is 329 g/mol. The van der Waals surface area contributed by atoms with Crippen LogP contribution in [0.1, 0.15) is 25.5 Å². The summed E-state index contributed by atoms with van der Waals surface area (Å²) < 4.78 is 10.9. The quantitative estimate of drug-likeness (QED) is 0.585. The number of esters is 1. The van der Waals surface area contributed by atoms with E-state index >= 15 is 0 Å². The molecule has 4 nitrogen and oxygen atoms in total. The van der Waals surface area contributed by atoms with Gasteiger partial charge >= 0.3 is 5.97 Å². The van der Waals surface area contributed by atoms with Gasteiger partial charge < -0.3 is 9.47 Å². The Labute approximate surface area is 133 Å². The third-order valence-corrected chi connectivity index (χ3v) is 4.65. The molecule has 2 heterocycles. The van der Waals surface area contributed by atoms with Gasteiger partial charge in [0.15, 0.2) is 5.75 Å². The van der Waals surface area contributed by atoms with Crippen LogP contribution in [-0.4, -0.2) is 37.2 Å². The molecule has 1 fully saturated rings. The second kappa shape index (κ2) is 5.43. The first-order chi connectivity index (χ1) is 9.91. The fraction of sp³-hybridized carbons (Fsp3) is 0.533. The molecule has 0 spiro atoms. The highest BCUT2D eigenvalue weighted by molar-refractivity contribution is 6.35. The van der Waals surface area contributed by atoms with E-state index in [0.29, 0.717) is 29.0 Å². The average Bonchev–Trinajstić information content (AvgIpc) is 2.42. The van der Waals surface area contributed by atoms with Gasteiger partial charge in [0.25, 0.3) is 0 Å². The first-order valence-electron chi connectivity index (χ1n) is 6.94. The third-order valence-electron chi connectivity index (χ3n) is 4.15. The lowest BCUT2D eigenvalue weighted by molar-refractivity contribution is -0.152. The van der Waals surface area contributed by atoms with E-state index < -0.39 is 5.41 Å². The highest BCUT2D eigenvalue weighted by atomic mass is 35.5. The van der Waals surface area contributed by atoms with Gasteiger partial charge in [0.05, 0.1) is 29.7 Å². The van der Waals surface area contributed by atoms with Crippen molar-refractivity contribution < 1.29 is 14.3 Å². The lowest BCUT2D eigenvalue weighted by atomic mass is 9.77. The maximum absolute atomic E-state index is 12.4. The summed E-state index contributed by atoms with van der Waals surface area (Å²) in [6, 6.07) is 3.33. The van der Waals surface area contributed by atoms with Crippen molar-refractivity contribution >= 4 is 29.2 Å². The fourth-order valence-electron chi connectivity index (χ4n) is 3.10. The summed E-state index contributed by atoms with van der Waals surface area (Å²) in [5.74, 6) is 0.164. The van der Waals surface area contributed by atoms with Crippen LogP contribution in [-0.2, 0) is 9.53 Å². The SMILES string of the molecule is CC1(C)C(=O)Oc2c(Cl)cc(Cl)cc2C1N1CCOCC1. The Morgan fingerprint density at radius 1 is 1.24 bits per heavy atom. The Kier molecular flexibility index (Phi) is 3.91. The smallest absolute Gasteiger partial charge is 0.318 e. The molecule has 2 aliphatic heterocycles. The molecule has 6 heteroatoms. The predicted molar refractivity (Wildman–Crippen MR) is 81.0 cm³/mol. The normalized spacial score (nSPS) is 25.3. The van der Waals surface area contributed by atoms with Crippen LogP contribution in [0.5, 0.6) is 5.75 Å². The summed E-state index contributed by atoms with van der Waals surface area (Å²) in [5.41, 5.74) is 0.206. The Bertz CT molecular complexity index is 583. The van der Waals surface area contributed by atoms with Crippen molar-refractivity contribution in [1.82, 2.24) is 4.90 Å². The highest BCUT2D eigenvalue weighted by Crippen LogP contribution is 2.50. The van der Waals surface area contributed by atoms with Crippen LogP contribution in [0.25, 0.3) is 0 Å². The average molecular weight is 330 g/mol. The molecular formula is C15H17Cl2NO3. The summed E-state index contributed by atoms with van der Waals surface area (Å²) >= 11 is 12.4. The Morgan fingerprint density at radius 3 is 2.57 bits per heavy atom. The first kappa shape index (κ1) is 15.1. The van der Waals surface area contributed by atoms with Crippen LogP contribution < -0.4 is 4.74 Å². The van der Waals surface area contributed by atoms with Crippen LogP contribution in [0.2, 0.25) is 10.0 Å². The van der Waals surface area contributed by atoms with Crippen LogP contribution in [0, 0.1) is 5.41 Å². The number of hydrogen-bond donors (Lipinski definition) is 0. The van der Waals surface area contributed by atoms with Gasteiger partial charge in [-0.3, -0.25) is 9.69 Å². The number of ether oxygens (including phenoxy) is 2. The van der Waals surface area contributed by atoms with Crippen LogP contribution in [0.15, 0.2) is 12.1 Å². The fourth-order valence-corrected chi connectivity index (χ4v) is 3.65. The van der Waals surface area contributed by atoms with E-state index in [9.17, 15) is 4.79 Å². The molecule has 2 aliphatic rings. The number of morpholine rings is 1.